The lowest BCUT2D eigenvalue weighted by Gasteiger charge is -2.27. The number of nitrogens with zero attached hydrogens (tertiary/aromatic N) is 1. The van der Waals surface area contributed by atoms with Crippen molar-refractivity contribution in [2.45, 2.75) is 33.1 Å². The van der Waals surface area contributed by atoms with Crippen LogP contribution < -0.4 is 15.1 Å². The molecule has 1 fully saturated rings. The average Bonchev–Trinajstić information content (AvgIpc) is 2.64. The minimum absolute atomic E-state index is 0.119. The first-order chi connectivity index (χ1) is 12.6. The molecule has 0 aliphatic carbocycles. The fourth-order valence-electron chi connectivity index (χ4n) is 3.89. The predicted octanol–water partition coefficient (Wildman–Crippen LogP) is 0.101. The van der Waals surface area contributed by atoms with Gasteiger partial charge in [0.1, 0.15) is 26.2 Å². The molecule has 1 saturated heterocycles. The summed E-state index contributed by atoms with van der Waals surface area (Å²) in [5.41, 5.74) is 4.26. The first kappa shape index (κ1) is 18.8. The lowest BCUT2D eigenvalue weighted by atomic mass is 10.0. The van der Waals surface area contributed by atoms with Crippen molar-refractivity contribution in [3.05, 3.63) is 35.5 Å². The van der Waals surface area contributed by atoms with E-state index in [4.69, 9.17) is 4.98 Å². The normalized spacial score (nSPS) is 20.3. The van der Waals surface area contributed by atoms with Gasteiger partial charge in [0.05, 0.1) is 18.3 Å². The number of rotatable bonds is 6. The molecule has 2 heterocycles. The fourth-order valence-corrected chi connectivity index (χ4v) is 3.89. The van der Waals surface area contributed by atoms with E-state index in [2.05, 4.69) is 32.3 Å². The molecule has 1 aromatic carbocycles. The first-order valence-corrected chi connectivity index (χ1v) is 9.97. The van der Waals surface area contributed by atoms with Crippen molar-refractivity contribution in [3.8, 4) is 0 Å². The monoisotopic (exact) mass is 356 g/mol. The summed E-state index contributed by atoms with van der Waals surface area (Å²) in [6, 6.07) is 8.14. The molecule has 1 amide bonds. The van der Waals surface area contributed by atoms with Gasteiger partial charge in [0, 0.05) is 11.1 Å². The Labute approximate surface area is 156 Å². The average molecular weight is 357 g/mol. The van der Waals surface area contributed by atoms with Crippen molar-refractivity contribution in [1.29, 1.82) is 0 Å². The van der Waals surface area contributed by atoms with Crippen LogP contribution in [0.2, 0.25) is 0 Å². The Morgan fingerprint density at radius 1 is 1.15 bits per heavy atom. The van der Waals surface area contributed by atoms with Crippen molar-refractivity contribution >= 4 is 22.5 Å². The number of aryl methyl sites for hydroxylation is 1. The van der Waals surface area contributed by atoms with E-state index in [1.807, 2.05) is 18.2 Å². The topological polar surface area (TPSA) is 50.9 Å². The summed E-state index contributed by atoms with van der Waals surface area (Å²) in [5, 5.41) is 4.31. The summed E-state index contributed by atoms with van der Waals surface area (Å²) in [4.78, 5) is 20.6. The number of piperazine rings is 1. The number of likely N-dealkylation sites (N-methyl/N-ethyl adjacent to an activating group) is 1. The lowest BCUT2D eigenvalue weighted by molar-refractivity contribution is -0.999. The maximum atomic E-state index is 12.8. The molecule has 0 bridgehead atoms. The molecular weight excluding hydrogens is 324 g/mol. The second kappa shape index (κ2) is 8.60. The molecule has 26 heavy (non-hydrogen) atoms. The lowest BCUT2D eigenvalue weighted by Crippen LogP contribution is -3.27. The van der Waals surface area contributed by atoms with Crippen LogP contribution in [-0.2, 0) is 17.6 Å². The predicted molar refractivity (Wildman–Crippen MR) is 106 cm³/mol. The highest BCUT2D eigenvalue weighted by molar-refractivity contribution is 6.02. The molecule has 3 rings (SSSR count). The van der Waals surface area contributed by atoms with E-state index in [9.17, 15) is 4.79 Å². The number of hydrogen-bond donors (Lipinski definition) is 3. The van der Waals surface area contributed by atoms with Crippen molar-refractivity contribution < 1.29 is 14.6 Å². The van der Waals surface area contributed by atoms with Gasteiger partial charge in [-0.15, -0.1) is 0 Å². The van der Waals surface area contributed by atoms with Gasteiger partial charge in [-0.05, 0) is 24.5 Å². The molecule has 0 atom stereocenters. The third-order valence-corrected chi connectivity index (χ3v) is 5.40. The Morgan fingerprint density at radius 3 is 2.58 bits per heavy atom. The zero-order valence-corrected chi connectivity index (χ0v) is 16.3. The van der Waals surface area contributed by atoms with Crippen LogP contribution in [0.4, 0.5) is 5.69 Å². The van der Waals surface area contributed by atoms with E-state index in [1.165, 1.54) is 10.5 Å². The van der Waals surface area contributed by atoms with Gasteiger partial charge in [0.15, 0.2) is 6.54 Å². The van der Waals surface area contributed by atoms with Crippen LogP contribution in [0.3, 0.4) is 0 Å². The highest BCUT2D eigenvalue weighted by Gasteiger charge is 2.23. The number of para-hydroxylation sites is 1. The standard InChI is InChI=1S/C21H30N4O/c1-4-8-18-16(5-2)21(17-9-6-7-10-19(17)22-18)23-20(26)15-25-13-11-24(3)12-14-25/h6-7,9-10H,4-5,8,11-15H2,1-3H3,(H,22,23,26)/p+2. The fraction of sp³-hybridized carbons (Fsp3) is 0.524. The summed E-state index contributed by atoms with van der Waals surface area (Å²) in [5.74, 6) is 0.119. The number of amides is 1. The quantitative estimate of drug-likeness (QED) is 0.688. The van der Waals surface area contributed by atoms with Crippen LogP contribution in [-0.4, -0.2) is 50.7 Å². The molecular formula is C21H32N4O+2. The van der Waals surface area contributed by atoms with Crippen LogP contribution in [0.1, 0.15) is 31.5 Å². The largest absolute Gasteiger partial charge is 0.328 e. The van der Waals surface area contributed by atoms with E-state index in [1.54, 1.807) is 4.90 Å². The van der Waals surface area contributed by atoms with Gasteiger partial charge in [-0.1, -0.05) is 38.5 Å². The Morgan fingerprint density at radius 2 is 1.88 bits per heavy atom. The number of pyridine rings is 1. The van der Waals surface area contributed by atoms with Crippen LogP contribution in [0.15, 0.2) is 24.3 Å². The molecule has 0 unspecified atom stereocenters. The maximum absolute atomic E-state index is 12.8. The number of anilines is 1. The first-order valence-electron chi connectivity index (χ1n) is 9.97. The maximum Gasteiger partial charge on any atom is 0.279 e. The zero-order valence-electron chi connectivity index (χ0n) is 16.3. The van der Waals surface area contributed by atoms with Gasteiger partial charge in [0.2, 0.25) is 0 Å². The number of fused-ring (bicyclic) bond motifs is 1. The molecule has 0 radical (unpaired) electrons. The summed E-state index contributed by atoms with van der Waals surface area (Å²) >= 11 is 0. The van der Waals surface area contributed by atoms with Crippen LogP contribution >= 0.6 is 0 Å². The number of aromatic nitrogens is 1. The third-order valence-electron chi connectivity index (χ3n) is 5.40. The molecule has 140 valence electrons. The molecule has 1 aromatic heterocycles. The minimum Gasteiger partial charge on any atom is -0.328 e. The number of hydrogen-bond acceptors (Lipinski definition) is 2. The van der Waals surface area contributed by atoms with Crippen LogP contribution in [0.25, 0.3) is 10.9 Å². The number of nitrogens with one attached hydrogen (secondary N) is 3. The van der Waals surface area contributed by atoms with Crippen molar-refractivity contribution in [3.63, 3.8) is 0 Å². The third kappa shape index (κ3) is 4.22. The van der Waals surface area contributed by atoms with E-state index in [0.29, 0.717) is 6.54 Å². The van der Waals surface area contributed by atoms with Gasteiger partial charge < -0.3 is 15.1 Å². The molecule has 5 heteroatoms. The Balaban J connectivity index is 1.86. The number of quaternary nitrogens is 2. The number of benzene rings is 1. The molecule has 0 saturated carbocycles. The highest BCUT2D eigenvalue weighted by Crippen LogP contribution is 2.29. The van der Waals surface area contributed by atoms with Gasteiger partial charge in [0.25, 0.3) is 5.91 Å². The van der Waals surface area contributed by atoms with Crippen molar-refractivity contribution in [2.24, 2.45) is 0 Å². The zero-order chi connectivity index (χ0) is 18.5. The minimum atomic E-state index is 0.119. The Bertz CT molecular complexity index is 766. The molecule has 0 spiro atoms. The van der Waals surface area contributed by atoms with Crippen molar-refractivity contribution in [1.82, 2.24) is 4.98 Å². The number of carbonyl (C=O) groups is 1. The number of carbonyl (C=O) groups excluding carboxylic acids is 1. The summed E-state index contributed by atoms with van der Waals surface area (Å²) in [7, 11) is 2.22. The van der Waals surface area contributed by atoms with E-state index < -0.39 is 0 Å². The van der Waals surface area contributed by atoms with Crippen LogP contribution in [0.5, 0.6) is 0 Å². The van der Waals surface area contributed by atoms with E-state index in [0.717, 1.165) is 67.7 Å². The van der Waals surface area contributed by atoms with Crippen LogP contribution in [0, 0.1) is 0 Å². The summed E-state index contributed by atoms with van der Waals surface area (Å²) in [6.45, 7) is 9.29. The second-order valence-electron chi connectivity index (χ2n) is 7.46. The van der Waals surface area contributed by atoms with Gasteiger partial charge in [-0.2, -0.15) is 0 Å². The molecule has 1 aliphatic heterocycles. The summed E-state index contributed by atoms with van der Waals surface area (Å²) in [6.07, 6.45) is 2.89. The van der Waals surface area contributed by atoms with E-state index >= 15 is 0 Å². The highest BCUT2D eigenvalue weighted by atomic mass is 16.2. The molecule has 3 N–H and O–H groups in total. The van der Waals surface area contributed by atoms with Crippen molar-refractivity contribution in [2.75, 3.05) is 45.1 Å². The second-order valence-corrected chi connectivity index (χ2v) is 7.46. The van der Waals surface area contributed by atoms with Gasteiger partial charge >= 0.3 is 0 Å². The summed E-state index contributed by atoms with van der Waals surface area (Å²) < 4.78 is 0. The van der Waals surface area contributed by atoms with E-state index in [-0.39, 0.29) is 5.91 Å². The van der Waals surface area contributed by atoms with Gasteiger partial charge in [-0.3, -0.25) is 9.78 Å². The molecule has 2 aromatic rings. The Kier molecular flexibility index (Phi) is 6.22. The van der Waals surface area contributed by atoms with Gasteiger partial charge in [-0.25, -0.2) is 0 Å². The SMILES string of the molecule is CCCc1nc2ccccc2c(NC(=O)C[NH+]2CC[NH+](C)CC2)c1CC. The Hall–Kier alpha value is -1.98. The molecule has 1 aliphatic rings. The smallest absolute Gasteiger partial charge is 0.279 e. The molecule has 5 nitrogen and oxygen atoms in total.